The first-order chi connectivity index (χ1) is 16.6. The Bertz CT molecular complexity index is 1090. The molecule has 180 valence electrons. The zero-order chi connectivity index (χ0) is 23.9. The van der Waals surface area contributed by atoms with Gasteiger partial charge in [-0.25, -0.2) is 4.98 Å². The smallest absolute Gasteiger partial charge is 0.232 e. The lowest BCUT2D eigenvalue weighted by Gasteiger charge is -2.34. The zero-order valence-corrected chi connectivity index (χ0v) is 20.8. The van der Waals surface area contributed by atoms with Gasteiger partial charge in [-0.2, -0.15) is 0 Å². The van der Waals surface area contributed by atoms with Crippen LogP contribution in [-0.4, -0.2) is 66.8 Å². The van der Waals surface area contributed by atoms with Crippen LogP contribution in [0.3, 0.4) is 0 Å². The second kappa shape index (κ2) is 11.4. The zero-order valence-electron chi connectivity index (χ0n) is 20.0. The molecule has 1 amide bonds. The lowest BCUT2D eigenvalue weighted by Crippen LogP contribution is -2.48. The van der Waals surface area contributed by atoms with E-state index < -0.39 is 0 Å². The molecule has 1 saturated heterocycles. The number of carbonyl (C=O) groups is 1. The Morgan fingerprint density at radius 3 is 2.47 bits per heavy atom. The van der Waals surface area contributed by atoms with Crippen molar-refractivity contribution in [3.8, 4) is 23.0 Å². The van der Waals surface area contributed by atoms with Gasteiger partial charge >= 0.3 is 0 Å². The summed E-state index contributed by atoms with van der Waals surface area (Å²) in [5.41, 5.74) is 2.99. The number of piperazine rings is 1. The number of benzene rings is 2. The van der Waals surface area contributed by atoms with Gasteiger partial charge in [-0.15, -0.1) is 11.8 Å². The summed E-state index contributed by atoms with van der Waals surface area (Å²) in [5.74, 6) is 3.84. The highest BCUT2D eigenvalue weighted by atomic mass is 32.2. The van der Waals surface area contributed by atoms with Crippen LogP contribution in [-0.2, 0) is 17.1 Å². The predicted molar refractivity (Wildman–Crippen MR) is 134 cm³/mol. The molecule has 2 aromatic carbocycles. The molecular formula is C26H31N3O4S. The van der Waals surface area contributed by atoms with E-state index in [1.807, 2.05) is 36.1 Å². The second-order valence-corrected chi connectivity index (χ2v) is 9.21. The van der Waals surface area contributed by atoms with Crippen molar-refractivity contribution in [2.24, 2.45) is 0 Å². The Morgan fingerprint density at radius 2 is 1.76 bits per heavy atom. The lowest BCUT2D eigenvalue weighted by atomic mass is 10.2. The molecule has 1 aliphatic rings. The van der Waals surface area contributed by atoms with Gasteiger partial charge in [0.25, 0.3) is 0 Å². The standard InChI is InChI=1S/C26H31N3O4S/c1-19-22(27-26(33-19)21-9-10-23(31-2)24(15-21)32-3)17-34-18-25(30)29-13-11-28(12-14-29)16-20-7-5-4-6-8-20/h4-10,15H,11-14,16-18H2,1-3H3. The number of hydrogen-bond acceptors (Lipinski definition) is 7. The average Bonchev–Trinajstić information content (AvgIpc) is 3.24. The quantitative estimate of drug-likeness (QED) is 0.453. The molecule has 8 heteroatoms. The van der Waals surface area contributed by atoms with Gasteiger partial charge in [0.2, 0.25) is 11.8 Å². The van der Waals surface area contributed by atoms with E-state index in [-0.39, 0.29) is 5.91 Å². The molecule has 1 aromatic heterocycles. The number of nitrogens with zero attached hydrogens (tertiary/aromatic N) is 3. The molecule has 1 aliphatic heterocycles. The maximum atomic E-state index is 12.7. The first-order valence-corrected chi connectivity index (χ1v) is 12.5. The molecule has 0 spiro atoms. The van der Waals surface area contributed by atoms with Gasteiger partial charge in [-0.1, -0.05) is 30.3 Å². The third-order valence-electron chi connectivity index (χ3n) is 5.96. The van der Waals surface area contributed by atoms with Crippen molar-refractivity contribution in [2.75, 3.05) is 46.2 Å². The number of hydrogen-bond donors (Lipinski definition) is 0. The summed E-state index contributed by atoms with van der Waals surface area (Å²) in [4.78, 5) is 21.7. The molecule has 0 N–H and O–H groups in total. The first kappa shape index (κ1) is 24.2. The number of amides is 1. The van der Waals surface area contributed by atoms with Crippen molar-refractivity contribution in [2.45, 2.75) is 19.2 Å². The summed E-state index contributed by atoms with van der Waals surface area (Å²) in [5, 5.41) is 0. The van der Waals surface area contributed by atoms with Gasteiger partial charge < -0.3 is 18.8 Å². The monoisotopic (exact) mass is 481 g/mol. The van der Waals surface area contributed by atoms with Crippen LogP contribution in [0.2, 0.25) is 0 Å². The average molecular weight is 482 g/mol. The SMILES string of the molecule is COc1ccc(-c2nc(CSCC(=O)N3CCN(Cc4ccccc4)CC3)c(C)o2)cc1OC. The number of methoxy groups -OCH3 is 2. The Hall–Kier alpha value is -2.97. The summed E-state index contributed by atoms with van der Waals surface area (Å²) >= 11 is 1.58. The molecule has 7 nitrogen and oxygen atoms in total. The number of oxazole rings is 1. The Balaban J connectivity index is 1.25. The van der Waals surface area contributed by atoms with E-state index in [4.69, 9.17) is 13.9 Å². The van der Waals surface area contributed by atoms with Crippen molar-refractivity contribution in [3.63, 3.8) is 0 Å². The molecular weight excluding hydrogens is 450 g/mol. The van der Waals surface area contributed by atoms with Crippen LogP contribution in [0.25, 0.3) is 11.5 Å². The fourth-order valence-corrected chi connectivity index (χ4v) is 4.90. The summed E-state index contributed by atoms with van der Waals surface area (Å²) in [6.45, 7) is 6.20. The molecule has 0 radical (unpaired) electrons. The number of ether oxygens (including phenoxy) is 2. The fraction of sp³-hybridized carbons (Fsp3) is 0.385. The van der Waals surface area contributed by atoms with Crippen molar-refractivity contribution in [1.82, 2.24) is 14.8 Å². The molecule has 0 atom stereocenters. The van der Waals surface area contributed by atoms with E-state index in [0.717, 1.165) is 49.7 Å². The van der Waals surface area contributed by atoms with E-state index in [0.29, 0.717) is 28.9 Å². The number of aryl methyl sites for hydroxylation is 1. The first-order valence-electron chi connectivity index (χ1n) is 11.4. The summed E-state index contributed by atoms with van der Waals surface area (Å²) in [6, 6.07) is 16.1. The summed E-state index contributed by atoms with van der Waals surface area (Å²) in [7, 11) is 3.21. The highest BCUT2D eigenvalue weighted by molar-refractivity contribution is 7.99. The minimum atomic E-state index is 0.186. The Kier molecular flexibility index (Phi) is 8.13. The van der Waals surface area contributed by atoms with Crippen LogP contribution in [0, 0.1) is 6.92 Å². The van der Waals surface area contributed by atoms with Gasteiger partial charge in [0.1, 0.15) is 5.76 Å². The minimum absolute atomic E-state index is 0.186. The van der Waals surface area contributed by atoms with Crippen molar-refractivity contribution in [3.05, 3.63) is 65.5 Å². The van der Waals surface area contributed by atoms with Crippen LogP contribution in [0.4, 0.5) is 0 Å². The van der Waals surface area contributed by atoms with Gasteiger partial charge in [0.15, 0.2) is 11.5 Å². The van der Waals surface area contributed by atoms with Crippen LogP contribution >= 0.6 is 11.8 Å². The molecule has 0 saturated carbocycles. The summed E-state index contributed by atoms with van der Waals surface area (Å²) < 4.78 is 16.6. The highest BCUT2D eigenvalue weighted by Crippen LogP contribution is 2.33. The van der Waals surface area contributed by atoms with E-state index >= 15 is 0 Å². The van der Waals surface area contributed by atoms with Crippen LogP contribution in [0.5, 0.6) is 11.5 Å². The third-order valence-corrected chi connectivity index (χ3v) is 6.89. The minimum Gasteiger partial charge on any atom is -0.493 e. The number of thioether (sulfide) groups is 1. The van der Waals surface area contributed by atoms with Crippen molar-refractivity contribution >= 4 is 17.7 Å². The van der Waals surface area contributed by atoms with Gasteiger partial charge in [-0.3, -0.25) is 9.69 Å². The Morgan fingerprint density at radius 1 is 1.03 bits per heavy atom. The van der Waals surface area contributed by atoms with E-state index in [9.17, 15) is 4.79 Å². The van der Waals surface area contributed by atoms with Crippen molar-refractivity contribution in [1.29, 1.82) is 0 Å². The molecule has 0 bridgehead atoms. The number of aromatic nitrogens is 1. The van der Waals surface area contributed by atoms with Gasteiger partial charge in [0.05, 0.1) is 25.7 Å². The lowest BCUT2D eigenvalue weighted by molar-refractivity contribution is -0.130. The highest BCUT2D eigenvalue weighted by Gasteiger charge is 2.21. The third kappa shape index (κ3) is 5.93. The molecule has 0 aliphatic carbocycles. The molecule has 0 unspecified atom stereocenters. The van der Waals surface area contributed by atoms with Crippen molar-refractivity contribution < 1.29 is 18.7 Å². The molecule has 34 heavy (non-hydrogen) atoms. The van der Waals surface area contributed by atoms with Gasteiger partial charge in [0, 0.05) is 44.0 Å². The predicted octanol–water partition coefficient (Wildman–Crippen LogP) is 4.24. The number of carbonyl (C=O) groups excluding carboxylic acids is 1. The van der Waals surface area contributed by atoms with Crippen LogP contribution in [0.15, 0.2) is 52.9 Å². The van der Waals surface area contributed by atoms with Crippen LogP contribution in [0.1, 0.15) is 17.0 Å². The van der Waals surface area contributed by atoms with Gasteiger partial charge in [-0.05, 0) is 30.7 Å². The largest absolute Gasteiger partial charge is 0.493 e. The molecule has 1 fully saturated rings. The second-order valence-electron chi connectivity index (χ2n) is 8.23. The maximum absolute atomic E-state index is 12.7. The normalized spacial score (nSPS) is 14.3. The summed E-state index contributed by atoms with van der Waals surface area (Å²) in [6.07, 6.45) is 0. The number of rotatable bonds is 9. The van der Waals surface area contributed by atoms with E-state index in [1.165, 1.54) is 5.56 Å². The molecule has 3 aromatic rings. The fourth-order valence-electron chi connectivity index (χ4n) is 3.98. The molecule has 2 heterocycles. The van der Waals surface area contributed by atoms with E-state index in [2.05, 4.69) is 34.1 Å². The Labute approximate surface area is 205 Å². The topological polar surface area (TPSA) is 68.0 Å². The van der Waals surface area contributed by atoms with Crippen LogP contribution < -0.4 is 9.47 Å². The molecule has 4 rings (SSSR count). The maximum Gasteiger partial charge on any atom is 0.232 e. The van der Waals surface area contributed by atoms with E-state index in [1.54, 1.807) is 26.0 Å².